The molecule has 0 saturated carbocycles. The molecule has 1 aliphatic rings. The summed E-state index contributed by atoms with van der Waals surface area (Å²) < 4.78 is 4.82. The van der Waals surface area contributed by atoms with Crippen molar-refractivity contribution in [1.29, 1.82) is 0 Å². The predicted molar refractivity (Wildman–Crippen MR) is 59.3 cm³/mol. The zero-order chi connectivity index (χ0) is 12.3. The number of hydrogen-bond acceptors (Lipinski definition) is 5. The molecule has 0 aromatic carbocycles. The molecule has 8 heteroatoms. The van der Waals surface area contributed by atoms with Gasteiger partial charge in [0.1, 0.15) is 6.04 Å². The molecule has 0 bridgehead atoms. The maximum atomic E-state index is 11.7. The van der Waals surface area contributed by atoms with Gasteiger partial charge in [0.15, 0.2) is 5.76 Å². The van der Waals surface area contributed by atoms with Crippen LogP contribution in [-0.4, -0.2) is 44.8 Å². The third kappa shape index (κ3) is 2.70. The molecule has 2 rings (SSSR count). The Morgan fingerprint density at radius 1 is 1.71 bits per heavy atom. The molecule has 7 nitrogen and oxygen atoms in total. The van der Waals surface area contributed by atoms with E-state index >= 15 is 0 Å². The third-order valence-electron chi connectivity index (χ3n) is 2.33. The highest BCUT2D eigenvalue weighted by Crippen LogP contribution is 2.20. The number of thioether (sulfide) groups is 1. The van der Waals surface area contributed by atoms with Gasteiger partial charge in [-0.3, -0.25) is 0 Å². The van der Waals surface area contributed by atoms with Crippen LogP contribution in [0.1, 0.15) is 5.76 Å². The van der Waals surface area contributed by atoms with E-state index in [1.54, 1.807) is 6.07 Å². The molecule has 1 saturated heterocycles. The second kappa shape index (κ2) is 5.09. The average molecular weight is 257 g/mol. The van der Waals surface area contributed by atoms with E-state index in [0.717, 1.165) is 0 Å². The Morgan fingerprint density at radius 3 is 3.18 bits per heavy atom. The van der Waals surface area contributed by atoms with E-state index in [-0.39, 0.29) is 6.54 Å². The predicted octanol–water partition coefficient (Wildman–Crippen LogP) is 0.344. The van der Waals surface area contributed by atoms with Gasteiger partial charge in [0.05, 0.1) is 18.6 Å². The molecule has 0 radical (unpaired) electrons. The summed E-state index contributed by atoms with van der Waals surface area (Å²) >= 11 is 1.42. The third-order valence-corrected chi connectivity index (χ3v) is 3.35. The summed E-state index contributed by atoms with van der Waals surface area (Å²) in [4.78, 5) is 23.9. The standard InChI is InChI=1S/C9H11N3O4S/c13-8(14)7-4-17-5-12(7)9(15)10-3-6-1-2-11-16-6/h1-2,7H,3-5H2,(H,10,15)(H,13,14)/t7-/m0/s1. The number of nitrogens with one attached hydrogen (secondary N) is 1. The van der Waals surface area contributed by atoms with Gasteiger partial charge in [0.25, 0.3) is 0 Å². The summed E-state index contributed by atoms with van der Waals surface area (Å²) in [5.41, 5.74) is 0. The zero-order valence-corrected chi connectivity index (χ0v) is 9.64. The Morgan fingerprint density at radius 2 is 2.53 bits per heavy atom. The fourth-order valence-corrected chi connectivity index (χ4v) is 2.59. The summed E-state index contributed by atoms with van der Waals surface area (Å²) in [5.74, 6) is 0.353. The van der Waals surface area contributed by atoms with E-state index in [1.807, 2.05) is 0 Å². The van der Waals surface area contributed by atoms with Crippen LogP contribution in [0.4, 0.5) is 4.79 Å². The zero-order valence-electron chi connectivity index (χ0n) is 8.83. The van der Waals surface area contributed by atoms with Crippen LogP contribution in [0.25, 0.3) is 0 Å². The van der Waals surface area contributed by atoms with Crippen molar-refractivity contribution in [3.63, 3.8) is 0 Å². The van der Waals surface area contributed by atoms with Gasteiger partial charge in [-0.05, 0) is 0 Å². The summed E-state index contributed by atoms with van der Waals surface area (Å²) in [6, 6.07) is 0.474. The van der Waals surface area contributed by atoms with Crippen LogP contribution in [-0.2, 0) is 11.3 Å². The Bertz CT molecular complexity index is 408. The molecule has 2 amide bonds. The van der Waals surface area contributed by atoms with E-state index < -0.39 is 18.0 Å². The number of aromatic nitrogens is 1. The molecule has 2 N–H and O–H groups in total. The van der Waals surface area contributed by atoms with Crippen molar-refractivity contribution in [2.75, 3.05) is 11.6 Å². The fourth-order valence-electron chi connectivity index (χ4n) is 1.44. The first kappa shape index (κ1) is 11.8. The van der Waals surface area contributed by atoms with E-state index in [4.69, 9.17) is 9.63 Å². The number of amides is 2. The maximum absolute atomic E-state index is 11.7. The first-order valence-corrected chi connectivity index (χ1v) is 6.08. The Balaban J connectivity index is 1.89. The normalized spacial score (nSPS) is 19.3. The van der Waals surface area contributed by atoms with Gasteiger partial charge in [-0.1, -0.05) is 5.16 Å². The molecule has 1 aliphatic heterocycles. The number of rotatable bonds is 3. The molecule has 0 spiro atoms. The van der Waals surface area contributed by atoms with Gasteiger partial charge in [0.2, 0.25) is 0 Å². The molecule has 0 unspecified atom stereocenters. The number of hydrogen-bond donors (Lipinski definition) is 2. The Hall–Kier alpha value is -1.70. The molecule has 1 aromatic rings. The lowest BCUT2D eigenvalue weighted by Gasteiger charge is -2.20. The lowest BCUT2D eigenvalue weighted by molar-refractivity contribution is -0.140. The minimum absolute atomic E-state index is 0.201. The molecule has 2 heterocycles. The van der Waals surface area contributed by atoms with Crippen molar-refractivity contribution in [1.82, 2.24) is 15.4 Å². The van der Waals surface area contributed by atoms with E-state index in [2.05, 4.69) is 10.5 Å². The molecule has 1 aromatic heterocycles. The van der Waals surface area contributed by atoms with Crippen molar-refractivity contribution in [3.05, 3.63) is 18.0 Å². The van der Waals surface area contributed by atoms with Gasteiger partial charge in [-0.15, -0.1) is 11.8 Å². The smallest absolute Gasteiger partial charge is 0.327 e. The number of aliphatic carboxylic acids is 1. The number of nitrogens with zero attached hydrogens (tertiary/aromatic N) is 2. The van der Waals surface area contributed by atoms with Gasteiger partial charge in [-0.25, -0.2) is 9.59 Å². The Labute approximate surface area is 101 Å². The maximum Gasteiger partial charge on any atom is 0.327 e. The number of carboxylic acid groups (broad SMARTS) is 1. The first-order chi connectivity index (χ1) is 8.18. The van der Waals surface area contributed by atoms with Crippen LogP contribution >= 0.6 is 11.8 Å². The van der Waals surface area contributed by atoms with Gasteiger partial charge >= 0.3 is 12.0 Å². The summed E-state index contributed by atoms with van der Waals surface area (Å²) in [6.07, 6.45) is 1.48. The van der Waals surface area contributed by atoms with Crippen LogP contribution < -0.4 is 5.32 Å². The van der Waals surface area contributed by atoms with E-state index in [9.17, 15) is 9.59 Å². The fraction of sp³-hybridized carbons (Fsp3) is 0.444. The molecule has 17 heavy (non-hydrogen) atoms. The molecule has 0 aliphatic carbocycles. The van der Waals surface area contributed by atoms with E-state index in [0.29, 0.717) is 17.4 Å². The minimum atomic E-state index is -0.982. The second-order valence-electron chi connectivity index (χ2n) is 3.46. The van der Waals surface area contributed by atoms with Crippen molar-refractivity contribution < 1.29 is 19.2 Å². The molecular weight excluding hydrogens is 246 g/mol. The highest BCUT2D eigenvalue weighted by Gasteiger charge is 2.34. The SMILES string of the molecule is O=C(O)[C@@H]1CSCN1C(=O)NCc1ccno1. The number of carboxylic acids is 1. The number of carbonyl (C=O) groups is 2. The minimum Gasteiger partial charge on any atom is -0.480 e. The highest BCUT2D eigenvalue weighted by atomic mass is 32.2. The number of carbonyl (C=O) groups excluding carboxylic acids is 1. The molecular formula is C9H11N3O4S. The monoisotopic (exact) mass is 257 g/mol. The summed E-state index contributed by atoms with van der Waals surface area (Å²) in [5, 5.41) is 15.0. The molecule has 1 fully saturated rings. The van der Waals surface area contributed by atoms with Crippen LogP contribution in [0.3, 0.4) is 0 Å². The van der Waals surface area contributed by atoms with Crippen molar-refractivity contribution in [2.24, 2.45) is 0 Å². The largest absolute Gasteiger partial charge is 0.480 e. The molecule has 1 atom stereocenters. The van der Waals surface area contributed by atoms with Crippen LogP contribution in [0.2, 0.25) is 0 Å². The second-order valence-corrected chi connectivity index (χ2v) is 4.46. The average Bonchev–Trinajstić information content (AvgIpc) is 2.96. The van der Waals surface area contributed by atoms with Gasteiger partial charge in [0, 0.05) is 11.8 Å². The van der Waals surface area contributed by atoms with E-state index in [1.165, 1.54) is 22.9 Å². The lowest BCUT2D eigenvalue weighted by atomic mass is 10.3. The quantitative estimate of drug-likeness (QED) is 0.810. The van der Waals surface area contributed by atoms with Crippen LogP contribution in [0, 0.1) is 0 Å². The molecule has 92 valence electrons. The van der Waals surface area contributed by atoms with Crippen molar-refractivity contribution in [2.45, 2.75) is 12.6 Å². The Kier molecular flexibility index (Phi) is 3.52. The van der Waals surface area contributed by atoms with Crippen LogP contribution in [0.15, 0.2) is 16.8 Å². The summed E-state index contributed by atoms with van der Waals surface area (Å²) in [7, 11) is 0. The van der Waals surface area contributed by atoms with Gasteiger partial charge in [-0.2, -0.15) is 0 Å². The number of urea groups is 1. The topological polar surface area (TPSA) is 95.7 Å². The highest BCUT2D eigenvalue weighted by molar-refractivity contribution is 7.99. The van der Waals surface area contributed by atoms with Crippen molar-refractivity contribution in [3.8, 4) is 0 Å². The van der Waals surface area contributed by atoms with Gasteiger partial charge < -0.3 is 19.8 Å². The van der Waals surface area contributed by atoms with Crippen LogP contribution in [0.5, 0.6) is 0 Å². The van der Waals surface area contributed by atoms with Crippen molar-refractivity contribution >= 4 is 23.8 Å². The summed E-state index contributed by atoms with van der Waals surface area (Å²) in [6.45, 7) is 0.201. The first-order valence-electron chi connectivity index (χ1n) is 4.93. The lowest BCUT2D eigenvalue weighted by Crippen LogP contribution is -2.46.